The monoisotopic (exact) mass is 328 g/mol. The number of Topliss-reactive ketones (excluding diaryl/α,β-unsaturated/α-hetero) is 1. The number of thioether (sulfide) groups is 1. The number of carbonyl (C=O) groups is 1. The minimum atomic E-state index is -0.172. The summed E-state index contributed by atoms with van der Waals surface area (Å²) in [5.74, 6) is 0.0983. The van der Waals surface area contributed by atoms with E-state index in [9.17, 15) is 4.79 Å². The van der Waals surface area contributed by atoms with Crippen molar-refractivity contribution in [1.82, 2.24) is 0 Å². The van der Waals surface area contributed by atoms with Crippen LogP contribution >= 0.6 is 23.1 Å². The van der Waals surface area contributed by atoms with Gasteiger partial charge in [-0.25, -0.2) is 0 Å². The second kappa shape index (κ2) is 6.18. The van der Waals surface area contributed by atoms with E-state index in [-0.39, 0.29) is 17.3 Å². The van der Waals surface area contributed by atoms with Gasteiger partial charge in [-0.05, 0) is 20.1 Å². The molecule has 0 unspecified atom stereocenters. The summed E-state index contributed by atoms with van der Waals surface area (Å²) in [6.07, 6.45) is 2.01. The number of hydrogen-bond acceptors (Lipinski definition) is 6. The van der Waals surface area contributed by atoms with E-state index in [1.54, 1.807) is 11.8 Å². The second-order valence-corrected chi connectivity index (χ2v) is 8.05. The van der Waals surface area contributed by atoms with Gasteiger partial charge in [-0.1, -0.05) is 13.8 Å². The first-order valence-corrected chi connectivity index (χ1v) is 9.20. The number of morpholine rings is 1. The predicted octanol–water partition coefficient (Wildman–Crippen LogP) is 3.51. The van der Waals surface area contributed by atoms with E-state index in [2.05, 4.69) is 18.7 Å². The van der Waals surface area contributed by atoms with Crippen LogP contribution in [-0.4, -0.2) is 37.3 Å². The summed E-state index contributed by atoms with van der Waals surface area (Å²) in [5, 5.41) is 1.11. The molecule has 21 heavy (non-hydrogen) atoms. The van der Waals surface area contributed by atoms with E-state index >= 15 is 0 Å². The predicted molar refractivity (Wildman–Crippen MR) is 91.9 cm³/mol. The number of hydrogen-bond donors (Lipinski definition) is 1. The normalized spacial score (nSPS) is 18.3. The van der Waals surface area contributed by atoms with Crippen molar-refractivity contribution in [2.24, 2.45) is 5.92 Å². The molecule has 0 atom stereocenters. The fraction of sp³-hybridized carbons (Fsp3) is 0.667. The highest BCUT2D eigenvalue weighted by Crippen LogP contribution is 2.45. The standard InChI is InChI=1S/C15H24N2O2S2/c1-9(2)11(18)12-10(16)13(20-5)14(21-12)17-6-7-19-15(3,4)8-17/h9H,6-8,16H2,1-5H3. The zero-order chi connectivity index (χ0) is 15.8. The van der Waals surface area contributed by atoms with Gasteiger partial charge >= 0.3 is 0 Å². The lowest BCUT2D eigenvalue weighted by atomic mass is 10.1. The van der Waals surface area contributed by atoms with Crippen molar-refractivity contribution in [3.8, 4) is 0 Å². The van der Waals surface area contributed by atoms with Gasteiger partial charge in [-0.3, -0.25) is 4.79 Å². The number of nitrogen functional groups attached to an aromatic ring is 1. The molecule has 0 aliphatic carbocycles. The van der Waals surface area contributed by atoms with Gasteiger partial charge in [0.25, 0.3) is 0 Å². The topological polar surface area (TPSA) is 55.6 Å². The maximum Gasteiger partial charge on any atom is 0.177 e. The number of ether oxygens (including phenoxy) is 1. The minimum absolute atomic E-state index is 0.0327. The van der Waals surface area contributed by atoms with Crippen LogP contribution in [0, 0.1) is 5.92 Å². The Hall–Kier alpha value is -0.720. The van der Waals surface area contributed by atoms with Gasteiger partial charge in [0, 0.05) is 19.0 Å². The zero-order valence-corrected chi connectivity index (χ0v) is 15.0. The van der Waals surface area contributed by atoms with Crippen LogP contribution in [0.25, 0.3) is 0 Å². The Morgan fingerprint density at radius 2 is 2.14 bits per heavy atom. The van der Waals surface area contributed by atoms with Crippen LogP contribution in [0.5, 0.6) is 0 Å². The summed E-state index contributed by atoms with van der Waals surface area (Å²) in [4.78, 5) is 16.4. The van der Waals surface area contributed by atoms with Crippen LogP contribution in [-0.2, 0) is 4.74 Å². The van der Waals surface area contributed by atoms with Gasteiger partial charge in [0.1, 0.15) is 5.00 Å². The summed E-state index contributed by atoms with van der Waals surface area (Å²) in [6.45, 7) is 10.4. The fourth-order valence-electron chi connectivity index (χ4n) is 2.46. The maximum absolute atomic E-state index is 12.3. The van der Waals surface area contributed by atoms with Crippen LogP contribution in [0.1, 0.15) is 37.4 Å². The third-order valence-corrected chi connectivity index (χ3v) is 5.78. The minimum Gasteiger partial charge on any atom is -0.396 e. The van der Waals surface area contributed by atoms with E-state index in [1.807, 2.05) is 20.1 Å². The molecule has 118 valence electrons. The smallest absolute Gasteiger partial charge is 0.177 e. The molecule has 1 aliphatic heterocycles. The first kappa shape index (κ1) is 16.6. The summed E-state index contributed by atoms with van der Waals surface area (Å²) in [5.41, 5.74) is 6.71. The lowest BCUT2D eigenvalue weighted by molar-refractivity contribution is -0.0276. The second-order valence-electron chi connectivity index (χ2n) is 6.23. The number of rotatable bonds is 4. The van der Waals surface area contributed by atoms with Crippen molar-refractivity contribution in [2.75, 3.05) is 36.6 Å². The number of ketones is 1. The van der Waals surface area contributed by atoms with Gasteiger partial charge < -0.3 is 15.4 Å². The van der Waals surface area contributed by atoms with Crippen molar-refractivity contribution < 1.29 is 9.53 Å². The molecular formula is C15H24N2O2S2. The van der Waals surface area contributed by atoms with Gasteiger partial charge in [0.15, 0.2) is 5.78 Å². The number of anilines is 2. The van der Waals surface area contributed by atoms with Crippen LogP contribution in [0.2, 0.25) is 0 Å². The van der Waals surface area contributed by atoms with E-state index in [4.69, 9.17) is 10.5 Å². The summed E-state index contributed by atoms with van der Waals surface area (Å²) in [7, 11) is 0. The summed E-state index contributed by atoms with van der Waals surface area (Å²) >= 11 is 3.15. The largest absolute Gasteiger partial charge is 0.396 e. The van der Waals surface area contributed by atoms with Gasteiger partial charge in [0.05, 0.1) is 27.7 Å². The van der Waals surface area contributed by atoms with E-state index < -0.39 is 0 Å². The van der Waals surface area contributed by atoms with Crippen LogP contribution in [0.15, 0.2) is 4.90 Å². The van der Waals surface area contributed by atoms with Gasteiger partial charge in [-0.2, -0.15) is 0 Å². The van der Waals surface area contributed by atoms with Crippen LogP contribution in [0.3, 0.4) is 0 Å². The van der Waals surface area contributed by atoms with Crippen LogP contribution < -0.4 is 10.6 Å². The molecule has 0 saturated carbocycles. The highest BCUT2D eigenvalue weighted by atomic mass is 32.2. The molecule has 0 aromatic carbocycles. The molecule has 1 saturated heterocycles. The Morgan fingerprint density at radius 3 is 2.67 bits per heavy atom. The van der Waals surface area contributed by atoms with E-state index in [0.29, 0.717) is 17.2 Å². The van der Waals surface area contributed by atoms with Crippen molar-refractivity contribution in [2.45, 2.75) is 38.2 Å². The van der Waals surface area contributed by atoms with E-state index in [1.165, 1.54) is 11.3 Å². The first-order valence-electron chi connectivity index (χ1n) is 7.16. The highest BCUT2D eigenvalue weighted by Gasteiger charge is 2.31. The summed E-state index contributed by atoms with van der Waals surface area (Å²) in [6, 6.07) is 0. The molecule has 2 heterocycles. The van der Waals surface area contributed by atoms with Crippen molar-refractivity contribution in [3.63, 3.8) is 0 Å². The maximum atomic E-state index is 12.3. The number of nitrogens with two attached hydrogens (primary N) is 1. The molecule has 0 amide bonds. The molecule has 1 aromatic heterocycles. The quantitative estimate of drug-likeness (QED) is 0.677. The lowest BCUT2D eigenvalue weighted by Gasteiger charge is -2.39. The zero-order valence-electron chi connectivity index (χ0n) is 13.4. The molecule has 0 bridgehead atoms. The Morgan fingerprint density at radius 1 is 1.48 bits per heavy atom. The lowest BCUT2D eigenvalue weighted by Crippen LogP contribution is -2.48. The third-order valence-electron chi connectivity index (χ3n) is 3.55. The number of thiophene rings is 1. The molecule has 2 N–H and O–H groups in total. The number of carbonyl (C=O) groups excluding carboxylic acids is 1. The molecule has 0 radical (unpaired) electrons. The Labute approximate surface area is 135 Å². The average molecular weight is 329 g/mol. The van der Waals surface area contributed by atoms with Crippen molar-refractivity contribution in [1.29, 1.82) is 0 Å². The SMILES string of the molecule is CSc1c(N2CCOC(C)(C)C2)sc(C(=O)C(C)C)c1N. The Kier molecular flexibility index (Phi) is 4.90. The number of nitrogens with zero attached hydrogens (tertiary/aromatic N) is 1. The molecule has 1 aromatic rings. The van der Waals surface area contributed by atoms with Gasteiger partial charge in [-0.15, -0.1) is 23.1 Å². The Bertz CT molecular complexity index is 538. The first-order chi connectivity index (χ1) is 9.76. The Balaban J connectivity index is 2.39. The molecule has 2 rings (SSSR count). The molecular weight excluding hydrogens is 304 g/mol. The fourth-order valence-corrected chi connectivity index (χ4v) is 4.75. The molecule has 6 heteroatoms. The summed E-state index contributed by atoms with van der Waals surface area (Å²) < 4.78 is 5.77. The van der Waals surface area contributed by atoms with E-state index in [0.717, 1.165) is 23.0 Å². The van der Waals surface area contributed by atoms with Gasteiger partial charge in [0.2, 0.25) is 0 Å². The van der Waals surface area contributed by atoms with Crippen LogP contribution in [0.4, 0.5) is 10.7 Å². The third kappa shape index (κ3) is 3.38. The molecule has 0 spiro atoms. The van der Waals surface area contributed by atoms with Crippen molar-refractivity contribution in [3.05, 3.63) is 4.88 Å². The molecule has 4 nitrogen and oxygen atoms in total. The highest BCUT2D eigenvalue weighted by molar-refractivity contribution is 7.99. The molecule has 1 fully saturated rings. The van der Waals surface area contributed by atoms with Crippen molar-refractivity contribution >= 4 is 39.6 Å². The molecule has 1 aliphatic rings. The average Bonchev–Trinajstić information content (AvgIpc) is 2.73.